The van der Waals surface area contributed by atoms with Crippen molar-refractivity contribution in [2.24, 2.45) is 0 Å². The molecule has 150 valence electrons. The van der Waals surface area contributed by atoms with Crippen LogP contribution in [0, 0.1) is 13.8 Å². The minimum absolute atomic E-state index is 0.317. The minimum Gasteiger partial charge on any atom is -0.449 e. The molecule has 0 aliphatic heterocycles. The van der Waals surface area contributed by atoms with Crippen molar-refractivity contribution >= 4 is 11.9 Å². The first-order valence-corrected chi connectivity index (χ1v) is 9.62. The van der Waals surface area contributed by atoms with Crippen molar-refractivity contribution in [3.63, 3.8) is 0 Å². The Morgan fingerprint density at radius 3 is 2.52 bits per heavy atom. The number of likely N-dealkylation sites (N-methyl/N-ethyl adjacent to an activating group) is 1. The third kappa shape index (κ3) is 4.54. The number of nitrogens with one attached hydrogen (secondary N) is 1. The lowest BCUT2D eigenvalue weighted by atomic mass is 10.0. The van der Waals surface area contributed by atoms with Crippen LogP contribution in [0.25, 0.3) is 16.9 Å². The van der Waals surface area contributed by atoms with Gasteiger partial charge in [0.05, 0.1) is 5.69 Å². The van der Waals surface area contributed by atoms with Gasteiger partial charge in [-0.05, 0) is 45.4 Å². The lowest BCUT2D eigenvalue weighted by Crippen LogP contribution is -2.35. The van der Waals surface area contributed by atoms with E-state index >= 15 is 0 Å². The van der Waals surface area contributed by atoms with Gasteiger partial charge in [0.1, 0.15) is 11.3 Å². The van der Waals surface area contributed by atoms with Crippen LogP contribution < -0.4 is 5.32 Å². The monoisotopic (exact) mass is 391 g/mol. The highest BCUT2D eigenvalue weighted by Crippen LogP contribution is 2.28. The van der Waals surface area contributed by atoms with Gasteiger partial charge in [-0.1, -0.05) is 42.0 Å². The molecule has 0 radical (unpaired) electrons. The first kappa shape index (κ1) is 20.3. The van der Waals surface area contributed by atoms with Crippen LogP contribution in [0.5, 0.6) is 0 Å². The molecule has 0 aliphatic carbocycles. The first-order chi connectivity index (χ1) is 13.9. The number of hydrogen-bond donors (Lipinski definition) is 1. The Morgan fingerprint density at radius 2 is 1.86 bits per heavy atom. The van der Waals surface area contributed by atoms with Gasteiger partial charge >= 0.3 is 5.97 Å². The fraction of sp³-hybridized carbons (Fsp3) is 0.261. The normalized spacial score (nSPS) is 11.7. The Bertz CT molecular complexity index is 1030. The summed E-state index contributed by atoms with van der Waals surface area (Å²) in [6.45, 7) is 7.84. The molecule has 6 nitrogen and oxygen atoms in total. The predicted octanol–water partition coefficient (Wildman–Crippen LogP) is 3.84. The van der Waals surface area contributed by atoms with E-state index in [1.54, 1.807) is 17.8 Å². The van der Waals surface area contributed by atoms with E-state index in [4.69, 9.17) is 4.74 Å². The molecule has 0 unspecified atom stereocenters. The Balaban J connectivity index is 2.03. The van der Waals surface area contributed by atoms with E-state index in [1.807, 2.05) is 69.3 Å². The van der Waals surface area contributed by atoms with Crippen LogP contribution in [0.4, 0.5) is 0 Å². The molecule has 1 N–H and O–H groups in total. The van der Waals surface area contributed by atoms with Crippen LogP contribution in [0.3, 0.4) is 0 Å². The summed E-state index contributed by atoms with van der Waals surface area (Å²) in [6.07, 6.45) is 0.756. The van der Waals surface area contributed by atoms with Gasteiger partial charge < -0.3 is 10.1 Å². The number of carbonyl (C=O) groups is 2. The number of esters is 1. The number of benzene rings is 2. The average molecular weight is 391 g/mol. The number of para-hydroxylation sites is 1. The third-order valence-electron chi connectivity index (χ3n) is 4.60. The molecule has 1 aromatic heterocycles. The number of aromatic nitrogens is 2. The summed E-state index contributed by atoms with van der Waals surface area (Å²) in [6, 6.07) is 15.5. The SMILES string of the molecule is CCNC(=O)[C@@H](C)OC(=O)c1cn(-c2ccccc2)nc1-c1ccc(C)cc1C. The van der Waals surface area contributed by atoms with E-state index in [0.717, 1.165) is 22.4 Å². The standard InChI is InChI=1S/C23H25N3O3/c1-5-24-22(27)17(4)29-23(28)20-14-26(18-9-7-6-8-10-18)25-21(20)19-12-11-15(2)13-16(19)3/h6-14,17H,5H2,1-4H3,(H,24,27)/t17-/m1/s1. The smallest absolute Gasteiger partial charge is 0.342 e. The molecule has 0 bridgehead atoms. The largest absolute Gasteiger partial charge is 0.449 e. The fourth-order valence-electron chi connectivity index (χ4n) is 3.11. The Morgan fingerprint density at radius 1 is 1.14 bits per heavy atom. The average Bonchev–Trinajstić information content (AvgIpc) is 3.14. The number of aryl methyl sites for hydroxylation is 2. The fourth-order valence-corrected chi connectivity index (χ4v) is 3.11. The molecule has 1 heterocycles. The van der Waals surface area contributed by atoms with Crippen LogP contribution in [-0.2, 0) is 9.53 Å². The maximum Gasteiger partial charge on any atom is 0.342 e. The zero-order valence-electron chi connectivity index (χ0n) is 17.1. The van der Waals surface area contributed by atoms with E-state index in [-0.39, 0.29) is 5.91 Å². The van der Waals surface area contributed by atoms with Crippen LogP contribution in [0.2, 0.25) is 0 Å². The summed E-state index contributed by atoms with van der Waals surface area (Å²) >= 11 is 0. The van der Waals surface area contributed by atoms with E-state index in [2.05, 4.69) is 10.4 Å². The van der Waals surface area contributed by atoms with Crippen LogP contribution in [-0.4, -0.2) is 34.3 Å². The molecule has 0 saturated heterocycles. The molecule has 1 amide bonds. The van der Waals surface area contributed by atoms with Gasteiger partial charge in [0.2, 0.25) is 0 Å². The summed E-state index contributed by atoms with van der Waals surface area (Å²) in [5, 5.41) is 7.32. The molecule has 0 fully saturated rings. The zero-order chi connectivity index (χ0) is 21.0. The summed E-state index contributed by atoms with van der Waals surface area (Å²) in [7, 11) is 0. The molecule has 1 atom stereocenters. The predicted molar refractivity (Wildman–Crippen MR) is 112 cm³/mol. The number of amides is 1. The number of ether oxygens (including phenoxy) is 1. The van der Waals surface area contributed by atoms with Crippen molar-refractivity contribution in [1.29, 1.82) is 0 Å². The van der Waals surface area contributed by atoms with Crippen molar-refractivity contribution in [2.75, 3.05) is 6.54 Å². The first-order valence-electron chi connectivity index (χ1n) is 9.62. The molecule has 0 spiro atoms. The number of rotatable bonds is 6. The zero-order valence-corrected chi connectivity index (χ0v) is 17.1. The summed E-state index contributed by atoms with van der Waals surface area (Å²) < 4.78 is 7.08. The maximum absolute atomic E-state index is 12.9. The van der Waals surface area contributed by atoms with E-state index in [0.29, 0.717) is 17.8 Å². The Hall–Kier alpha value is -3.41. The molecule has 2 aromatic carbocycles. The minimum atomic E-state index is -0.894. The molecule has 3 rings (SSSR count). The molecule has 6 heteroatoms. The highest BCUT2D eigenvalue weighted by Gasteiger charge is 2.24. The van der Waals surface area contributed by atoms with Crippen molar-refractivity contribution < 1.29 is 14.3 Å². The molecule has 3 aromatic rings. The molecular weight excluding hydrogens is 366 g/mol. The van der Waals surface area contributed by atoms with Crippen molar-refractivity contribution in [1.82, 2.24) is 15.1 Å². The quantitative estimate of drug-likeness (QED) is 0.648. The van der Waals surface area contributed by atoms with Gasteiger partial charge in [-0.15, -0.1) is 0 Å². The van der Waals surface area contributed by atoms with Gasteiger partial charge in [-0.25, -0.2) is 9.48 Å². The van der Waals surface area contributed by atoms with E-state index < -0.39 is 12.1 Å². The van der Waals surface area contributed by atoms with Gasteiger partial charge in [-0.2, -0.15) is 5.10 Å². The molecule has 29 heavy (non-hydrogen) atoms. The van der Waals surface area contributed by atoms with Crippen LogP contribution in [0.1, 0.15) is 35.3 Å². The third-order valence-corrected chi connectivity index (χ3v) is 4.60. The lowest BCUT2D eigenvalue weighted by Gasteiger charge is -2.13. The van der Waals surface area contributed by atoms with Gasteiger partial charge in [0, 0.05) is 18.3 Å². The van der Waals surface area contributed by atoms with Crippen molar-refractivity contribution in [3.8, 4) is 16.9 Å². The Kier molecular flexibility index (Phi) is 6.12. The molecule has 0 saturated carbocycles. The summed E-state index contributed by atoms with van der Waals surface area (Å²) in [5.74, 6) is -0.912. The second-order valence-corrected chi connectivity index (χ2v) is 6.93. The maximum atomic E-state index is 12.9. The van der Waals surface area contributed by atoms with Crippen molar-refractivity contribution in [2.45, 2.75) is 33.8 Å². The number of carbonyl (C=O) groups excluding carboxylic acids is 2. The summed E-state index contributed by atoms with van der Waals surface area (Å²) in [5.41, 5.74) is 4.66. The second-order valence-electron chi connectivity index (χ2n) is 6.93. The topological polar surface area (TPSA) is 73.2 Å². The van der Waals surface area contributed by atoms with Gasteiger partial charge in [0.25, 0.3) is 5.91 Å². The summed E-state index contributed by atoms with van der Waals surface area (Å²) in [4.78, 5) is 24.9. The molecule has 0 aliphatic rings. The van der Waals surface area contributed by atoms with Gasteiger partial charge in [0.15, 0.2) is 6.10 Å². The van der Waals surface area contributed by atoms with E-state index in [1.165, 1.54) is 0 Å². The molecular formula is C23H25N3O3. The van der Waals surface area contributed by atoms with Crippen LogP contribution >= 0.6 is 0 Å². The van der Waals surface area contributed by atoms with Gasteiger partial charge in [-0.3, -0.25) is 4.79 Å². The highest BCUT2D eigenvalue weighted by molar-refractivity contribution is 5.98. The Labute approximate surface area is 170 Å². The number of nitrogens with zero attached hydrogens (tertiary/aromatic N) is 2. The van der Waals surface area contributed by atoms with Crippen LogP contribution in [0.15, 0.2) is 54.7 Å². The second kappa shape index (κ2) is 8.73. The number of hydrogen-bond acceptors (Lipinski definition) is 4. The highest BCUT2D eigenvalue weighted by atomic mass is 16.5. The van der Waals surface area contributed by atoms with E-state index in [9.17, 15) is 9.59 Å². The van der Waals surface area contributed by atoms with Crippen molar-refractivity contribution in [3.05, 3.63) is 71.4 Å². The lowest BCUT2D eigenvalue weighted by molar-refractivity contribution is -0.128.